The van der Waals surface area contributed by atoms with Gasteiger partial charge in [-0.05, 0) is 13.0 Å². The molecule has 1 rings (SSSR count). The van der Waals surface area contributed by atoms with Crippen LogP contribution in [-0.2, 0) is 9.47 Å². The van der Waals surface area contributed by atoms with Gasteiger partial charge in [0, 0.05) is 26.2 Å². The quantitative estimate of drug-likeness (QED) is 0.638. The lowest BCUT2D eigenvalue weighted by Crippen LogP contribution is -2.33. The number of hydrogen-bond acceptors (Lipinski definition) is 3. The van der Waals surface area contributed by atoms with Crippen molar-refractivity contribution in [3.05, 3.63) is 0 Å². The van der Waals surface area contributed by atoms with E-state index in [0.717, 1.165) is 32.7 Å². The van der Waals surface area contributed by atoms with Crippen molar-refractivity contribution in [3.63, 3.8) is 0 Å². The topological polar surface area (TPSA) is 30.5 Å². The van der Waals surface area contributed by atoms with Crippen LogP contribution in [0.4, 0.5) is 0 Å². The van der Waals surface area contributed by atoms with Gasteiger partial charge in [-0.2, -0.15) is 0 Å². The van der Waals surface area contributed by atoms with Crippen LogP contribution in [0.2, 0.25) is 0 Å². The van der Waals surface area contributed by atoms with Gasteiger partial charge in [0.1, 0.15) is 0 Å². The highest BCUT2D eigenvalue weighted by Gasteiger charge is 2.33. The molecule has 1 heterocycles. The van der Waals surface area contributed by atoms with Gasteiger partial charge >= 0.3 is 0 Å². The summed E-state index contributed by atoms with van der Waals surface area (Å²) in [4.78, 5) is 0. The Morgan fingerprint density at radius 2 is 1.91 bits per heavy atom. The Labute approximate surface area is 68.1 Å². The maximum Gasteiger partial charge on any atom is 0.0553 e. The average Bonchev–Trinajstić information content (AvgIpc) is 2.39. The molecular weight excluding hydrogens is 142 g/mol. The normalized spacial score (nSPS) is 22.4. The number of methoxy groups -OCH3 is 2. The third-order valence-electron chi connectivity index (χ3n) is 2.23. The van der Waals surface area contributed by atoms with Gasteiger partial charge in [-0.15, -0.1) is 0 Å². The smallest absolute Gasteiger partial charge is 0.0553 e. The minimum atomic E-state index is 0.240. The van der Waals surface area contributed by atoms with E-state index in [4.69, 9.17) is 9.47 Å². The molecule has 0 aromatic carbocycles. The van der Waals surface area contributed by atoms with Crippen LogP contribution in [0.3, 0.4) is 0 Å². The molecule has 1 N–H and O–H groups in total. The van der Waals surface area contributed by atoms with E-state index in [1.807, 2.05) is 0 Å². The lowest BCUT2D eigenvalue weighted by molar-refractivity contribution is 0.0231. The van der Waals surface area contributed by atoms with Gasteiger partial charge in [0.05, 0.1) is 13.2 Å². The maximum atomic E-state index is 5.16. The van der Waals surface area contributed by atoms with Crippen molar-refractivity contribution in [1.29, 1.82) is 0 Å². The summed E-state index contributed by atoms with van der Waals surface area (Å²) >= 11 is 0. The zero-order chi connectivity index (χ0) is 8.16. The summed E-state index contributed by atoms with van der Waals surface area (Å²) in [5, 5.41) is 3.32. The molecule has 0 amide bonds. The number of ether oxygens (including phenoxy) is 2. The van der Waals surface area contributed by atoms with Crippen LogP contribution < -0.4 is 5.32 Å². The molecule has 0 unspecified atom stereocenters. The van der Waals surface area contributed by atoms with Gasteiger partial charge in [0.2, 0.25) is 0 Å². The SMILES string of the molecule is COCC1(COC)CCNC1. The maximum absolute atomic E-state index is 5.16. The molecule has 11 heavy (non-hydrogen) atoms. The zero-order valence-corrected chi connectivity index (χ0v) is 7.35. The molecule has 0 aromatic heterocycles. The molecule has 3 nitrogen and oxygen atoms in total. The predicted octanol–water partition coefficient (Wildman–Crippen LogP) is 0.259. The van der Waals surface area contributed by atoms with Crippen LogP contribution >= 0.6 is 0 Å². The molecule has 1 aliphatic rings. The molecule has 0 bridgehead atoms. The summed E-state index contributed by atoms with van der Waals surface area (Å²) in [6.07, 6.45) is 1.16. The van der Waals surface area contributed by atoms with E-state index in [-0.39, 0.29) is 5.41 Å². The molecule has 0 aliphatic carbocycles. The molecule has 66 valence electrons. The summed E-state index contributed by atoms with van der Waals surface area (Å²) in [5.74, 6) is 0. The monoisotopic (exact) mass is 159 g/mol. The highest BCUT2D eigenvalue weighted by molar-refractivity contribution is 4.87. The van der Waals surface area contributed by atoms with Crippen LogP contribution in [0, 0.1) is 5.41 Å². The second-order valence-electron chi connectivity index (χ2n) is 3.29. The molecule has 1 saturated heterocycles. The van der Waals surface area contributed by atoms with Gasteiger partial charge in [-0.3, -0.25) is 0 Å². The highest BCUT2D eigenvalue weighted by atomic mass is 16.5. The molecule has 1 fully saturated rings. The molecule has 0 radical (unpaired) electrons. The van der Waals surface area contributed by atoms with Crippen molar-refractivity contribution in [3.8, 4) is 0 Å². The zero-order valence-electron chi connectivity index (χ0n) is 7.35. The first-order valence-corrected chi connectivity index (χ1v) is 4.02. The molecule has 0 saturated carbocycles. The van der Waals surface area contributed by atoms with Crippen molar-refractivity contribution >= 4 is 0 Å². The first kappa shape index (κ1) is 8.97. The summed E-state index contributed by atoms with van der Waals surface area (Å²) in [6.45, 7) is 3.71. The molecule has 0 spiro atoms. The molecular formula is C8H17NO2. The van der Waals surface area contributed by atoms with Crippen LogP contribution in [-0.4, -0.2) is 40.5 Å². The summed E-state index contributed by atoms with van der Waals surface area (Å²) in [7, 11) is 3.49. The Morgan fingerprint density at radius 3 is 2.27 bits per heavy atom. The summed E-state index contributed by atoms with van der Waals surface area (Å²) in [6, 6.07) is 0. The van der Waals surface area contributed by atoms with Gasteiger partial charge < -0.3 is 14.8 Å². The molecule has 0 aromatic rings. The van der Waals surface area contributed by atoms with E-state index in [1.165, 1.54) is 0 Å². The Balaban J connectivity index is 2.40. The summed E-state index contributed by atoms with van der Waals surface area (Å²) in [5.41, 5.74) is 0.240. The van der Waals surface area contributed by atoms with Gasteiger partial charge in [-0.25, -0.2) is 0 Å². The second kappa shape index (κ2) is 4.04. The lowest BCUT2D eigenvalue weighted by Gasteiger charge is -2.25. The summed E-state index contributed by atoms with van der Waals surface area (Å²) < 4.78 is 10.3. The number of nitrogens with one attached hydrogen (secondary N) is 1. The van der Waals surface area contributed by atoms with Crippen molar-refractivity contribution in [2.45, 2.75) is 6.42 Å². The molecule has 1 aliphatic heterocycles. The third kappa shape index (κ3) is 2.15. The first-order valence-electron chi connectivity index (χ1n) is 4.02. The molecule has 3 heteroatoms. The second-order valence-corrected chi connectivity index (χ2v) is 3.29. The Hall–Kier alpha value is -0.120. The Kier molecular flexibility index (Phi) is 3.30. The van der Waals surface area contributed by atoms with Crippen molar-refractivity contribution in [1.82, 2.24) is 5.32 Å². The van der Waals surface area contributed by atoms with E-state index in [9.17, 15) is 0 Å². The van der Waals surface area contributed by atoms with E-state index in [0.29, 0.717) is 0 Å². The third-order valence-corrected chi connectivity index (χ3v) is 2.23. The van der Waals surface area contributed by atoms with Gasteiger partial charge in [0.25, 0.3) is 0 Å². The lowest BCUT2D eigenvalue weighted by atomic mass is 9.89. The predicted molar refractivity (Wildman–Crippen MR) is 43.7 cm³/mol. The minimum Gasteiger partial charge on any atom is -0.384 e. The van der Waals surface area contributed by atoms with Gasteiger partial charge in [0.15, 0.2) is 0 Å². The Bertz CT molecular complexity index is 103. The number of hydrogen-bond donors (Lipinski definition) is 1. The van der Waals surface area contributed by atoms with Crippen molar-refractivity contribution < 1.29 is 9.47 Å². The van der Waals surface area contributed by atoms with Crippen LogP contribution in [0.15, 0.2) is 0 Å². The average molecular weight is 159 g/mol. The fourth-order valence-electron chi connectivity index (χ4n) is 1.70. The largest absolute Gasteiger partial charge is 0.384 e. The van der Waals surface area contributed by atoms with Crippen LogP contribution in [0.5, 0.6) is 0 Å². The van der Waals surface area contributed by atoms with Gasteiger partial charge in [-0.1, -0.05) is 0 Å². The minimum absolute atomic E-state index is 0.240. The first-order chi connectivity index (χ1) is 5.33. The highest BCUT2D eigenvalue weighted by Crippen LogP contribution is 2.25. The van der Waals surface area contributed by atoms with Crippen LogP contribution in [0.1, 0.15) is 6.42 Å². The van der Waals surface area contributed by atoms with E-state index < -0.39 is 0 Å². The number of rotatable bonds is 4. The van der Waals surface area contributed by atoms with Crippen molar-refractivity contribution in [2.75, 3.05) is 40.5 Å². The van der Waals surface area contributed by atoms with Crippen LogP contribution in [0.25, 0.3) is 0 Å². The van der Waals surface area contributed by atoms with Crippen molar-refractivity contribution in [2.24, 2.45) is 5.41 Å². The fourth-order valence-corrected chi connectivity index (χ4v) is 1.70. The fraction of sp³-hybridized carbons (Fsp3) is 1.00. The molecule has 0 atom stereocenters. The van der Waals surface area contributed by atoms with E-state index in [2.05, 4.69) is 5.32 Å². The Morgan fingerprint density at radius 1 is 1.27 bits per heavy atom. The standard InChI is InChI=1S/C8H17NO2/c1-10-6-8(7-11-2)3-4-9-5-8/h9H,3-7H2,1-2H3. The van der Waals surface area contributed by atoms with E-state index >= 15 is 0 Å². The van der Waals surface area contributed by atoms with E-state index in [1.54, 1.807) is 14.2 Å².